The molecule has 3 fully saturated rings. The summed E-state index contributed by atoms with van der Waals surface area (Å²) in [6, 6.07) is 7.02. The van der Waals surface area contributed by atoms with Gasteiger partial charge in [0.1, 0.15) is 0 Å². The van der Waals surface area contributed by atoms with Gasteiger partial charge in [0.15, 0.2) is 0 Å². The number of likely N-dealkylation sites (tertiary alicyclic amines) is 1. The van der Waals surface area contributed by atoms with Crippen molar-refractivity contribution in [2.45, 2.75) is 65.1 Å². The van der Waals surface area contributed by atoms with Gasteiger partial charge in [-0.15, -0.1) is 0 Å². The number of carbonyl (C=O) groups excluding carboxylic acids is 1. The van der Waals surface area contributed by atoms with E-state index in [4.69, 9.17) is 4.74 Å². The molecule has 1 aliphatic heterocycles. The van der Waals surface area contributed by atoms with E-state index >= 15 is 0 Å². The minimum Gasteiger partial charge on any atom is -0.376 e. The van der Waals surface area contributed by atoms with Crippen LogP contribution >= 0.6 is 0 Å². The summed E-state index contributed by atoms with van der Waals surface area (Å²) in [5, 5.41) is 3.18. The predicted molar refractivity (Wildman–Crippen MR) is 107 cm³/mol. The first-order valence-electron chi connectivity index (χ1n) is 10.6. The summed E-state index contributed by atoms with van der Waals surface area (Å²) in [5.74, 6) is 2.22. The number of nitrogens with zero attached hydrogens (tertiary/aromatic N) is 1. The van der Waals surface area contributed by atoms with E-state index in [1.165, 1.54) is 29.5 Å². The fourth-order valence-electron chi connectivity index (χ4n) is 4.94. The van der Waals surface area contributed by atoms with Crippen LogP contribution in [-0.4, -0.2) is 42.6 Å². The maximum atomic E-state index is 11.7. The standard InChI is InChI=1S/C23H34N2O2/c1-15-4-5-19(8-16(15)2)11-25-12-20-9-22(24-17(3)26)23(10-21(20)13-25)27-14-18-6-7-18/h4-5,8,18,20-23H,6-7,9-14H2,1-3H3,(H,24,26)/t20-,21+,22-,23-/m1/s1. The van der Waals surface area contributed by atoms with Crippen LogP contribution in [0.25, 0.3) is 0 Å². The zero-order valence-electron chi connectivity index (χ0n) is 17.0. The number of fused-ring (bicyclic) bond motifs is 1. The van der Waals surface area contributed by atoms with Crippen LogP contribution in [0, 0.1) is 31.6 Å². The number of rotatable bonds is 6. The van der Waals surface area contributed by atoms with Gasteiger partial charge in [-0.2, -0.15) is 0 Å². The van der Waals surface area contributed by atoms with E-state index in [0.717, 1.165) is 45.0 Å². The summed E-state index contributed by atoms with van der Waals surface area (Å²) in [6.07, 6.45) is 4.97. The van der Waals surface area contributed by atoms with Crippen molar-refractivity contribution in [1.29, 1.82) is 0 Å². The number of benzene rings is 1. The molecule has 1 heterocycles. The molecule has 148 valence electrons. The van der Waals surface area contributed by atoms with Crippen molar-refractivity contribution < 1.29 is 9.53 Å². The quantitative estimate of drug-likeness (QED) is 0.834. The van der Waals surface area contributed by atoms with Crippen molar-refractivity contribution >= 4 is 5.91 Å². The Kier molecular flexibility index (Phi) is 5.56. The molecule has 2 saturated carbocycles. The predicted octanol–water partition coefficient (Wildman–Crippen LogP) is 3.45. The lowest BCUT2D eigenvalue weighted by Gasteiger charge is -2.38. The van der Waals surface area contributed by atoms with Gasteiger partial charge in [-0.1, -0.05) is 18.2 Å². The van der Waals surface area contributed by atoms with Crippen LogP contribution in [0.1, 0.15) is 49.3 Å². The maximum absolute atomic E-state index is 11.7. The topological polar surface area (TPSA) is 41.6 Å². The SMILES string of the molecule is CC(=O)N[C@@H]1C[C@@H]2CN(Cc3ccc(C)c(C)c3)C[C@@H]2C[C@H]1OCC1CC1. The Morgan fingerprint density at radius 1 is 1.15 bits per heavy atom. The molecular formula is C23H34N2O2. The van der Waals surface area contributed by atoms with E-state index in [1.54, 1.807) is 6.92 Å². The number of ether oxygens (including phenoxy) is 1. The second-order valence-electron chi connectivity index (χ2n) is 9.23. The number of carbonyl (C=O) groups is 1. The fourth-order valence-corrected chi connectivity index (χ4v) is 4.94. The average molecular weight is 371 g/mol. The van der Waals surface area contributed by atoms with Gasteiger partial charge in [-0.05, 0) is 74.0 Å². The third-order valence-corrected chi connectivity index (χ3v) is 6.80. The van der Waals surface area contributed by atoms with Gasteiger partial charge in [-0.3, -0.25) is 9.69 Å². The Labute approximate surface area is 163 Å². The van der Waals surface area contributed by atoms with Crippen molar-refractivity contribution in [2.75, 3.05) is 19.7 Å². The van der Waals surface area contributed by atoms with Gasteiger partial charge in [0.25, 0.3) is 0 Å². The monoisotopic (exact) mass is 370 g/mol. The molecule has 4 rings (SSSR count). The van der Waals surface area contributed by atoms with Gasteiger partial charge in [-0.25, -0.2) is 0 Å². The summed E-state index contributed by atoms with van der Waals surface area (Å²) < 4.78 is 6.28. The summed E-state index contributed by atoms with van der Waals surface area (Å²) >= 11 is 0. The van der Waals surface area contributed by atoms with Crippen molar-refractivity contribution in [3.8, 4) is 0 Å². The van der Waals surface area contributed by atoms with E-state index < -0.39 is 0 Å². The molecular weight excluding hydrogens is 336 g/mol. The lowest BCUT2D eigenvalue weighted by molar-refractivity contribution is -0.122. The molecule has 4 nitrogen and oxygen atoms in total. The van der Waals surface area contributed by atoms with Crippen LogP contribution < -0.4 is 5.32 Å². The summed E-state index contributed by atoms with van der Waals surface area (Å²) in [6.45, 7) is 10.2. The first kappa shape index (κ1) is 18.9. The van der Waals surface area contributed by atoms with Crippen LogP contribution in [0.2, 0.25) is 0 Å². The average Bonchev–Trinajstić information content (AvgIpc) is 3.35. The molecule has 1 amide bonds. The van der Waals surface area contributed by atoms with Crippen LogP contribution in [0.3, 0.4) is 0 Å². The smallest absolute Gasteiger partial charge is 0.217 e. The number of amides is 1. The molecule has 3 aliphatic rings. The molecule has 1 aromatic rings. The Hall–Kier alpha value is -1.39. The molecule has 1 saturated heterocycles. The Balaban J connectivity index is 1.38. The summed E-state index contributed by atoms with van der Waals surface area (Å²) in [4.78, 5) is 14.3. The number of aryl methyl sites for hydroxylation is 2. The molecule has 4 heteroatoms. The molecule has 0 aromatic heterocycles. The highest BCUT2D eigenvalue weighted by molar-refractivity contribution is 5.73. The van der Waals surface area contributed by atoms with E-state index in [2.05, 4.69) is 42.3 Å². The molecule has 0 unspecified atom stereocenters. The van der Waals surface area contributed by atoms with Gasteiger partial charge in [0.05, 0.1) is 12.1 Å². The Morgan fingerprint density at radius 2 is 1.89 bits per heavy atom. The normalized spacial score (nSPS) is 30.9. The van der Waals surface area contributed by atoms with Crippen LogP contribution in [0.5, 0.6) is 0 Å². The van der Waals surface area contributed by atoms with Crippen molar-refractivity contribution in [1.82, 2.24) is 10.2 Å². The van der Waals surface area contributed by atoms with E-state index in [-0.39, 0.29) is 18.1 Å². The third-order valence-electron chi connectivity index (χ3n) is 6.80. The van der Waals surface area contributed by atoms with Crippen LogP contribution in [0.15, 0.2) is 18.2 Å². The van der Waals surface area contributed by atoms with Crippen molar-refractivity contribution in [2.24, 2.45) is 17.8 Å². The molecule has 1 aromatic carbocycles. The third kappa shape index (κ3) is 4.72. The second-order valence-corrected chi connectivity index (χ2v) is 9.23. The Bertz CT molecular complexity index is 685. The van der Waals surface area contributed by atoms with Gasteiger partial charge in [0, 0.05) is 33.2 Å². The van der Waals surface area contributed by atoms with Crippen molar-refractivity contribution in [3.05, 3.63) is 34.9 Å². The summed E-state index contributed by atoms with van der Waals surface area (Å²) in [5.41, 5.74) is 4.16. The van der Waals surface area contributed by atoms with E-state index in [0.29, 0.717) is 11.8 Å². The first-order valence-corrected chi connectivity index (χ1v) is 10.6. The zero-order chi connectivity index (χ0) is 19.0. The molecule has 27 heavy (non-hydrogen) atoms. The molecule has 0 spiro atoms. The van der Waals surface area contributed by atoms with E-state index in [1.807, 2.05) is 0 Å². The maximum Gasteiger partial charge on any atom is 0.217 e. The lowest BCUT2D eigenvalue weighted by atomic mass is 9.77. The van der Waals surface area contributed by atoms with Crippen LogP contribution in [-0.2, 0) is 16.1 Å². The van der Waals surface area contributed by atoms with Crippen LogP contribution in [0.4, 0.5) is 0 Å². The Morgan fingerprint density at radius 3 is 2.56 bits per heavy atom. The minimum absolute atomic E-state index is 0.0726. The second kappa shape index (κ2) is 7.92. The molecule has 4 atom stereocenters. The molecule has 2 aliphatic carbocycles. The number of nitrogens with one attached hydrogen (secondary N) is 1. The molecule has 1 N–H and O–H groups in total. The number of hydrogen-bond donors (Lipinski definition) is 1. The molecule has 0 radical (unpaired) electrons. The highest BCUT2D eigenvalue weighted by Crippen LogP contribution is 2.39. The van der Waals surface area contributed by atoms with E-state index in [9.17, 15) is 4.79 Å². The number of hydrogen-bond acceptors (Lipinski definition) is 3. The lowest BCUT2D eigenvalue weighted by Crippen LogP contribution is -2.50. The molecule has 0 bridgehead atoms. The highest BCUT2D eigenvalue weighted by Gasteiger charge is 2.43. The minimum atomic E-state index is 0.0726. The van der Waals surface area contributed by atoms with Gasteiger partial charge < -0.3 is 10.1 Å². The van der Waals surface area contributed by atoms with Gasteiger partial charge in [0.2, 0.25) is 5.91 Å². The largest absolute Gasteiger partial charge is 0.376 e. The zero-order valence-corrected chi connectivity index (χ0v) is 17.0. The summed E-state index contributed by atoms with van der Waals surface area (Å²) in [7, 11) is 0. The van der Waals surface area contributed by atoms with Crippen molar-refractivity contribution in [3.63, 3.8) is 0 Å². The van der Waals surface area contributed by atoms with Gasteiger partial charge >= 0.3 is 0 Å². The highest BCUT2D eigenvalue weighted by atomic mass is 16.5. The first-order chi connectivity index (χ1) is 13.0. The fraction of sp³-hybridized carbons (Fsp3) is 0.696.